The van der Waals surface area contributed by atoms with Gasteiger partial charge in [0.15, 0.2) is 0 Å². The molecule has 0 saturated carbocycles. The van der Waals surface area contributed by atoms with E-state index in [2.05, 4.69) is 121 Å². The van der Waals surface area contributed by atoms with Crippen molar-refractivity contribution in [3.8, 4) is 33.5 Å². The molecule has 0 aliphatic rings. The van der Waals surface area contributed by atoms with Gasteiger partial charge in [-0.3, -0.25) is 0 Å². The summed E-state index contributed by atoms with van der Waals surface area (Å²) in [5.74, 6) is 0. The Morgan fingerprint density at radius 1 is 0.344 bits per heavy atom. The van der Waals surface area contributed by atoms with Crippen molar-refractivity contribution in [1.82, 2.24) is 4.98 Å². The van der Waals surface area contributed by atoms with Crippen molar-refractivity contribution >= 4 is 21.7 Å². The van der Waals surface area contributed by atoms with Crippen LogP contribution >= 0.6 is 0 Å². The number of pyridine rings is 1. The molecule has 0 amide bonds. The maximum Gasteiger partial charge on any atom is 0.0788 e. The van der Waals surface area contributed by atoms with Crippen molar-refractivity contribution in [3.05, 3.63) is 127 Å². The van der Waals surface area contributed by atoms with Crippen molar-refractivity contribution in [3.63, 3.8) is 0 Å². The molecule has 1 aromatic heterocycles. The first-order chi connectivity index (χ1) is 15.9. The monoisotopic (exact) mass is 407 g/mol. The lowest BCUT2D eigenvalue weighted by atomic mass is 9.94. The summed E-state index contributed by atoms with van der Waals surface area (Å²) in [6.07, 6.45) is 0. The van der Waals surface area contributed by atoms with E-state index >= 15 is 0 Å². The summed E-state index contributed by atoms with van der Waals surface area (Å²) in [7, 11) is 0. The van der Waals surface area contributed by atoms with Gasteiger partial charge in [0, 0.05) is 16.3 Å². The molecule has 1 heterocycles. The first kappa shape index (κ1) is 18.5. The van der Waals surface area contributed by atoms with E-state index in [4.69, 9.17) is 4.98 Å². The molecular weight excluding hydrogens is 386 g/mol. The molecule has 1 nitrogen and oxygen atoms in total. The molecular formula is C31H21N. The maximum absolute atomic E-state index is 5.19. The summed E-state index contributed by atoms with van der Waals surface area (Å²) < 4.78 is 0. The summed E-state index contributed by atoms with van der Waals surface area (Å²) in [6, 6.07) is 44.9. The van der Waals surface area contributed by atoms with E-state index in [1.54, 1.807) is 0 Å². The maximum atomic E-state index is 5.19. The molecule has 6 aromatic rings. The minimum Gasteiger partial charge on any atom is -0.247 e. The number of benzene rings is 5. The Balaban J connectivity index is 1.65. The van der Waals surface area contributed by atoms with Crippen molar-refractivity contribution in [2.75, 3.05) is 0 Å². The highest BCUT2D eigenvalue weighted by Gasteiger charge is 2.12. The zero-order valence-electron chi connectivity index (χ0n) is 17.6. The second-order valence-corrected chi connectivity index (χ2v) is 8.05. The first-order valence-electron chi connectivity index (χ1n) is 10.9. The van der Waals surface area contributed by atoms with Gasteiger partial charge in [-0.05, 0) is 39.8 Å². The Hall–Kier alpha value is -4.23. The molecule has 0 bridgehead atoms. The number of hydrogen-bond donors (Lipinski definition) is 0. The van der Waals surface area contributed by atoms with Crippen LogP contribution in [0.25, 0.3) is 55.2 Å². The average Bonchev–Trinajstić information content (AvgIpc) is 2.89. The van der Waals surface area contributed by atoms with Crippen LogP contribution in [0.15, 0.2) is 127 Å². The Labute approximate surface area is 187 Å². The van der Waals surface area contributed by atoms with Gasteiger partial charge in [-0.25, -0.2) is 4.98 Å². The van der Waals surface area contributed by atoms with Gasteiger partial charge < -0.3 is 0 Å². The molecule has 5 aromatic carbocycles. The van der Waals surface area contributed by atoms with E-state index in [0.29, 0.717) is 0 Å². The molecule has 0 N–H and O–H groups in total. The molecule has 0 atom stereocenters. The van der Waals surface area contributed by atoms with E-state index < -0.39 is 0 Å². The van der Waals surface area contributed by atoms with E-state index in [-0.39, 0.29) is 0 Å². The molecule has 0 unspecified atom stereocenters. The van der Waals surface area contributed by atoms with Crippen LogP contribution in [0, 0.1) is 0 Å². The smallest absolute Gasteiger partial charge is 0.0788 e. The molecule has 1 heteroatoms. The van der Waals surface area contributed by atoms with Crippen molar-refractivity contribution in [2.24, 2.45) is 0 Å². The third-order valence-corrected chi connectivity index (χ3v) is 6.06. The molecule has 0 radical (unpaired) electrons. The SMILES string of the molecule is c1ccc(-c2ccc3c(c2)nc(-c2ccccc2)c2cc(-c4ccccc4)ccc23)cc1. The van der Waals surface area contributed by atoms with Gasteiger partial charge in [0.25, 0.3) is 0 Å². The lowest BCUT2D eigenvalue weighted by Crippen LogP contribution is -1.91. The third-order valence-electron chi connectivity index (χ3n) is 6.06. The summed E-state index contributed by atoms with van der Waals surface area (Å²) in [5.41, 5.74) is 7.99. The van der Waals surface area contributed by atoms with Crippen LogP contribution in [0.4, 0.5) is 0 Å². The standard InChI is InChI=1S/C31H21N/c1-4-10-22(11-5-1)25-16-18-27-28-19-17-26(23-12-6-2-7-13-23)21-30(28)32-31(29(27)20-25)24-14-8-3-9-15-24/h1-21H. The predicted molar refractivity (Wildman–Crippen MR) is 136 cm³/mol. The highest BCUT2D eigenvalue weighted by Crippen LogP contribution is 2.36. The van der Waals surface area contributed by atoms with E-state index in [0.717, 1.165) is 16.8 Å². The number of fused-ring (bicyclic) bond motifs is 3. The van der Waals surface area contributed by atoms with Crippen LogP contribution in [0.1, 0.15) is 0 Å². The van der Waals surface area contributed by atoms with Gasteiger partial charge in [-0.1, -0.05) is 115 Å². The van der Waals surface area contributed by atoms with Crippen LogP contribution in [-0.2, 0) is 0 Å². The molecule has 0 fully saturated rings. The second kappa shape index (κ2) is 7.79. The number of rotatable bonds is 3. The number of aromatic nitrogens is 1. The highest BCUT2D eigenvalue weighted by molar-refractivity contribution is 6.12. The first-order valence-corrected chi connectivity index (χ1v) is 10.9. The Bertz CT molecular complexity index is 1540. The normalized spacial score (nSPS) is 11.1. The Morgan fingerprint density at radius 3 is 1.44 bits per heavy atom. The van der Waals surface area contributed by atoms with Crippen LogP contribution < -0.4 is 0 Å². The summed E-state index contributed by atoms with van der Waals surface area (Å²) >= 11 is 0. The summed E-state index contributed by atoms with van der Waals surface area (Å²) in [4.78, 5) is 5.19. The lowest BCUT2D eigenvalue weighted by Gasteiger charge is -2.13. The predicted octanol–water partition coefficient (Wildman–Crippen LogP) is 8.39. The Morgan fingerprint density at radius 2 is 0.844 bits per heavy atom. The number of hydrogen-bond acceptors (Lipinski definition) is 1. The van der Waals surface area contributed by atoms with Gasteiger partial charge in [0.2, 0.25) is 0 Å². The molecule has 0 spiro atoms. The van der Waals surface area contributed by atoms with Crippen molar-refractivity contribution < 1.29 is 0 Å². The molecule has 32 heavy (non-hydrogen) atoms. The third kappa shape index (κ3) is 3.25. The summed E-state index contributed by atoms with van der Waals surface area (Å²) in [6.45, 7) is 0. The van der Waals surface area contributed by atoms with Crippen LogP contribution in [0.3, 0.4) is 0 Å². The topological polar surface area (TPSA) is 12.9 Å². The average molecular weight is 408 g/mol. The van der Waals surface area contributed by atoms with Crippen molar-refractivity contribution in [2.45, 2.75) is 0 Å². The lowest BCUT2D eigenvalue weighted by molar-refractivity contribution is 1.42. The van der Waals surface area contributed by atoms with Gasteiger partial charge >= 0.3 is 0 Å². The zero-order chi connectivity index (χ0) is 21.3. The van der Waals surface area contributed by atoms with Gasteiger partial charge in [0.05, 0.1) is 11.2 Å². The minimum atomic E-state index is 1.02. The van der Waals surface area contributed by atoms with Crippen LogP contribution in [0.2, 0.25) is 0 Å². The second-order valence-electron chi connectivity index (χ2n) is 8.05. The fourth-order valence-corrected chi connectivity index (χ4v) is 4.44. The molecule has 6 rings (SSSR count). The fraction of sp³-hybridized carbons (Fsp3) is 0. The largest absolute Gasteiger partial charge is 0.247 e. The Kier molecular flexibility index (Phi) is 4.51. The molecule has 150 valence electrons. The van der Waals surface area contributed by atoms with Gasteiger partial charge in [-0.15, -0.1) is 0 Å². The van der Waals surface area contributed by atoms with Gasteiger partial charge in [-0.2, -0.15) is 0 Å². The van der Waals surface area contributed by atoms with Crippen LogP contribution in [0.5, 0.6) is 0 Å². The summed E-state index contributed by atoms with van der Waals surface area (Å²) in [5, 5.41) is 3.59. The fourth-order valence-electron chi connectivity index (χ4n) is 4.44. The van der Waals surface area contributed by atoms with E-state index in [1.807, 2.05) is 6.07 Å². The molecule has 0 saturated heterocycles. The highest BCUT2D eigenvalue weighted by atomic mass is 14.7. The van der Waals surface area contributed by atoms with Crippen LogP contribution in [-0.4, -0.2) is 4.98 Å². The van der Waals surface area contributed by atoms with Gasteiger partial charge in [0.1, 0.15) is 0 Å². The molecule has 0 aliphatic carbocycles. The van der Waals surface area contributed by atoms with E-state index in [1.165, 1.54) is 38.4 Å². The number of nitrogens with zero attached hydrogens (tertiary/aromatic N) is 1. The van der Waals surface area contributed by atoms with E-state index in [9.17, 15) is 0 Å². The quantitative estimate of drug-likeness (QED) is 0.268. The minimum absolute atomic E-state index is 1.02. The van der Waals surface area contributed by atoms with Crippen molar-refractivity contribution in [1.29, 1.82) is 0 Å². The zero-order valence-corrected chi connectivity index (χ0v) is 17.6. The molecule has 0 aliphatic heterocycles.